The van der Waals surface area contributed by atoms with Gasteiger partial charge in [0.15, 0.2) is 0 Å². The first kappa shape index (κ1) is 15.7. The number of ether oxygens (including phenoxy) is 1. The molecule has 2 aliphatic heterocycles. The van der Waals surface area contributed by atoms with E-state index in [-0.39, 0.29) is 17.6 Å². The zero-order valence-electron chi connectivity index (χ0n) is 14.1. The second-order valence-electron chi connectivity index (χ2n) is 8.40. The molecule has 122 valence electrons. The van der Waals surface area contributed by atoms with E-state index in [1.807, 2.05) is 13.8 Å². The number of aliphatic hydroxyl groups is 1. The summed E-state index contributed by atoms with van der Waals surface area (Å²) in [5.41, 5.74) is -0.671. The first-order valence-corrected chi connectivity index (χ1v) is 8.61. The zero-order valence-corrected chi connectivity index (χ0v) is 14.1. The average molecular weight is 296 g/mol. The molecule has 0 bridgehead atoms. The summed E-state index contributed by atoms with van der Waals surface area (Å²) in [6.45, 7) is 15.2. The molecule has 1 aliphatic carbocycles. The molecule has 4 heteroatoms. The Kier molecular flexibility index (Phi) is 4.11. The maximum Gasteiger partial charge on any atom is 0.0896 e. The molecule has 0 radical (unpaired) electrons. The molecule has 0 aromatic rings. The summed E-state index contributed by atoms with van der Waals surface area (Å²) < 4.78 is 6.10. The van der Waals surface area contributed by atoms with E-state index in [1.165, 1.54) is 32.5 Å². The van der Waals surface area contributed by atoms with E-state index in [1.54, 1.807) is 0 Å². The molecule has 2 atom stereocenters. The van der Waals surface area contributed by atoms with Gasteiger partial charge in [-0.15, -0.1) is 0 Å². The molecule has 3 fully saturated rings. The van der Waals surface area contributed by atoms with Crippen molar-refractivity contribution < 1.29 is 9.84 Å². The summed E-state index contributed by atoms with van der Waals surface area (Å²) in [5, 5.41) is 10.6. The van der Waals surface area contributed by atoms with Crippen LogP contribution < -0.4 is 0 Å². The van der Waals surface area contributed by atoms with E-state index in [4.69, 9.17) is 4.74 Å². The molecular formula is C17H32N2O2. The zero-order chi connectivity index (χ0) is 15.3. The third-order valence-electron chi connectivity index (χ3n) is 5.65. The summed E-state index contributed by atoms with van der Waals surface area (Å²) >= 11 is 0. The van der Waals surface area contributed by atoms with Gasteiger partial charge in [0.25, 0.3) is 0 Å². The van der Waals surface area contributed by atoms with Crippen LogP contribution in [-0.2, 0) is 4.74 Å². The van der Waals surface area contributed by atoms with Crippen molar-refractivity contribution in [2.75, 3.05) is 39.3 Å². The first-order chi connectivity index (χ1) is 9.78. The standard InChI is InChI=1S/C17H32N2O2/c1-16(2)14(15(20)17(3,4)21-16)12-19-9-7-18(8-10-19)11-13-5-6-13/h13-15,20H,5-12H2,1-4H3. The summed E-state index contributed by atoms with van der Waals surface area (Å²) in [5.74, 6) is 1.18. The van der Waals surface area contributed by atoms with E-state index >= 15 is 0 Å². The van der Waals surface area contributed by atoms with Gasteiger partial charge in [-0.05, 0) is 46.5 Å². The highest BCUT2D eigenvalue weighted by Gasteiger charge is 2.53. The van der Waals surface area contributed by atoms with Gasteiger partial charge >= 0.3 is 0 Å². The number of hydrogen-bond acceptors (Lipinski definition) is 4. The van der Waals surface area contributed by atoms with Crippen LogP contribution in [-0.4, -0.2) is 71.5 Å². The van der Waals surface area contributed by atoms with Crippen LogP contribution in [0.4, 0.5) is 0 Å². The number of aliphatic hydroxyl groups excluding tert-OH is 1. The van der Waals surface area contributed by atoms with Crippen LogP contribution in [0, 0.1) is 11.8 Å². The summed E-state index contributed by atoms with van der Waals surface area (Å²) in [7, 11) is 0. The van der Waals surface area contributed by atoms with Crippen molar-refractivity contribution in [1.29, 1.82) is 0 Å². The van der Waals surface area contributed by atoms with Crippen molar-refractivity contribution in [3.63, 3.8) is 0 Å². The first-order valence-electron chi connectivity index (χ1n) is 8.61. The highest BCUT2D eigenvalue weighted by atomic mass is 16.5. The van der Waals surface area contributed by atoms with Crippen molar-refractivity contribution in [3.8, 4) is 0 Å². The second kappa shape index (κ2) is 5.48. The molecule has 0 aromatic heterocycles. The van der Waals surface area contributed by atoms with Crippen molar-refractivity contribution in [2.45, 2.75) is 57.8 Å². The third kappa shape index (κ3) is 3.44. The topological polar surface area (TPSA) is 35.9 Å². The molecule has 1 saturated carbocycles. The number of hydrogen-bond donors (Lipinski definition) is 1. The van der Waals surface area contributed by atoms with Crippen LogP contribution >= 0.6 is 0 Å². The fourth-order valence-corrected chi connectivity index (χ4v) is 4.10. The average Bonchev–Trinajstić information content (AvgIpc) is 3.16. The Hall–Kier alpha value is -0.160. The van der Waals surface area contributed by atoms with E-state index < -0.39 is 5.60 Å². The van der Waals surface area contributed by atoms with Crippen LogP contribution in [0.1, 0.15) is 40.5 Å². The minimum atomic E-state index is -0.429. The van der Waals surface area contributed by atoms with Gasteiger partial charge in [0.05, 0.1) is 17.3 Å². The SMILES string of the molecule is CC1(C)OC(C)(C)C(CN2CCN(CC3CC3)CC2)C1O. The van der Waals surface area contributed by atoms with Crippen LogP contribution in [0.15, 0.2) is 0 Å². The van der Waals surface area contributed by atoms with Crippen molar-refractivity contribution in [3.05, 3.63) is 0 Å². The lowest BCUT2D eigenvalue weighted by atomic mass is 9.84. The monoisotopic (exact) mass is 296 g/mol. The Morgan fingerprint density at radius 3 is 1.86 bits per heavy atom. The second-order valence-corrected chi connectivity index (χ2v) is 8.40. The molecule has 4 nitrogen and oxygen atoms in total. The van der Waals surface area contributed by atoms with Gasteiger partial charge in [0, 0.05) is 45.2 Å². The highest BCUT2D eigenvalue weighted by molar-refractivity contribution is 5.02. The lowest BCUT2D eigenvalue weighted by molar-refractivity contribution is -0.0915. The number of rotatable bonds is 4. The Morgan fingerprint density at radius 1 is 0.905 bits per heavy atom. The number of piperazine rings is 1. The van der Waals surface area contributed by atoms with E-state index in [9.17, 15) is 5.11 Å². The van der Waals surface area contributed by atoms with Crippen molar-refractivity contribution >= 4 is 0 Å². The Labute approximate surface area is 129 Å². The van der Waals surface area contributed by atoms with Gasteiger partial charge in [0.2, 0.25) is 0 Å². The van der Waals surface area contributed by atoms with Gasteiger partial charge in [0.1, 0.15) is 0 Å². The van der Waals surface area contributed by atoms with E-state index in [2.05, 4.69) is 23.6 Å². The predicted octanol–water partition coefficient (Wildman–Crippen LogP) is 1.58. The lowest BCUT2D eigenvalue weighted by Crippen LogP contribution is -2.51. The summed E-state index contributed by atoms with van der Waals surface area (Å²) in [6.07, 6.45) is 2.50. The predicted molar refractivity (Wildman–Crippen MR) is 84.3 cm³/mol. The van der Waals surface area contributed by atoms with Gasteiger partial charge in [-0.25, -0.2) is 0 Å². The molecule has 0 spiro atoms. The molecule has 2 saturated heterocycles. The van der Waals surface area contributed by atoms with Crippen molar-refractivity contribution in [2.24, 2.45) is 11.8 Å². The third-order valence-corrected chi connectivity index (χ3v) is 5.65. The van der Waals surface area contributed by atoms with Gasteiger partial charge in [-0.3, -0.25) is 0 Å². The maximum atomic E-state index is 10.6. The minimum Gasteiger partial charge on any atom is -0.390 e. The van der Waals surface area contributed by atoms with E-state index in [0.717, 1.165) is 25.6 Å². The smallest absolute Gasteiger partial charge is 0.0896 e. The molecule has 0 aromatic carbocycles. The fraction of sp³-hybridized carbons (Fsp3) is 1.00. The van der Waals surface area contributed by atoms with E-state index in [0.29, 0.717) is 0 Å². The molecule has 3 rings (SSSR count). The molecule has 21 heavy (non-hydrogen) atoms. The van der Waals surface area contributed by atoms with Gasteiger partial charge in [-0.2, -0.15) is 0 Å². The van der Waals surface area contributed by atoms with Crippen LogP contribution in [0.25, 0.3) is 0 Å². The summed E-state index contributed by atoms with van der Waals surface area (Å²) in [6, 6.07) is 0. The summed E-state index contributed by atoms with van der Waals surface area (Å²) in [4.78, 5) is 5.13. The Morgan fingerprint density at radius 2 is 1.43 bits per heavy atom. The molecular weight excluding hydrogens is 264 g/mol. The minimum absolute atomic E-state index is 0.197. The van der Waals surface area contributed by atoms with Crippen molar-refractivity contribution in [1.82, 2.24) is 9.80 Å². The Balaban J connectivity index is 1.52. The molecule has 1 N–H and O–H groups in total. The number of nitrogens with zero attached hydrogens (tertiary/aromatic N) is 2. The Bertz CT molecular complexity index is 371. The van der Waals surface area contributed by atoms with Gasteiger partial charge < -0.3 is 19.6 Å². The quantitative estimate of drug-likeness (QED) is 0.854. The normalized spacial score (nSPS) is 37.0. The van der Waals surface area contributed by atoms with Gasteiger partial charge in [-0.1, -0.05) is 0 Å². The molecule has 3 aliphatic rings. The largest absolute Gasteiger partial charge is 0.390 e. The maximum absolute atomic E-state index is 10.6. The fourth-order valence-electron chi connectivity index (χ4n) is 4.10. The highest BCUT2D eigenvalue weighted by Crippen LogP contribution is 2.42. The molecule has 2 heterocycles. The molecule has 2 unspecified atom stereocenters. The van der Waals surface area contributed by atoms with Crippen LogP contribution in [0.2, 0.25) is 0 Å². The molecule has 0 amide bonds. The van der Waals surface area contributed by atoms with Crippen LogP contribution in [0.5, 0.6) is 0 Å². The lowest BCUT2D eigenvalue weighted by Gasteiger charge is -2.38. The van der Waals surface area contributed by atoms with Crippen LogP contribution in [0.3, 0.4) is 0 Å².